The van der Waals surface area contributed by atoms with Crippen molar-refractivity contribution in [2.45, 2.75) is 114 Å². The Morgan fingerprint density at radius 3 is 2.46 bits per heavy atom. The van der Waals surface area contributed by atoms with Crippen LogP contribution in [-0.4, -0.2) is 113 Å². The van der Waals surface area contributed by atoms with Gasteiger partial charge in [0.1, 0.15) is 22.1 Å². The molecular formula is C52H64FN9O9S. The number of carbonyl (C=O) groups excluding carboxylic acids is 2. The molecule has 2 aliphatic carbocycles. The number of benzene rings is 2. The molecular weight excluding hydrogens is 946 g/mol. The van der Waals surface area contributed by atoms with Crippen molar-refractivity contribution in [3.05, 3.63) is 99.6 Å². The van der Waals surface area contributed by atoms with Gasteiger partial charge >= 0.3 is 5.69 Å². The average Bonchev–Trinajstić information content (AvgIpc) is 3.70. The van der Waals surface area contributed by atoms with Gasteiger partial charge in [-0.05, 0) is 106 Å². The van der Waals surface area contributed by atoms with Crippen LogP contribution in [0.5, 0.6) is 17.4 Å². The molecule has 4 aliphatic rings. The Morgan fingerprint density at radius 1 is 1.03 bits per heavy atom. The number of piperidine rings is 1. The van der Waals surface area contributed by atoms with E-state index in [4.69, 9.17) is 9.47 Å². The van der Waals surface area contributed by atoms with Gasteiger partial charge in [0.15, 0.2) is 5.75 Å². The van der Waals surface area contributed by atoms with Crippen LogP contribution < -0.4 is 24.4 Å². The van der Waals surface area contributed by atoms with Crippen LogP contribution in [0.3, 0.4) is 0 Å². The molecule has 0 unspecified atom stereocenters. The Hall–Kier alpha value is -6.38. The van der Waals surface area contributed by atoms with E-state index in [2.05, 4.69) is 72.9 Å². The summed E-state index contributed by atoms with van der Waals surface area (Å²) in [4.78, 5) is 55.7. The molecule has 20 heteroatoms. The molecule has 384 valence electrons. The SMILES string of the molecule is CCOc1nc2[nH]cc(F)c2cc1Oc1cc(N2CCC3(CC2)CC(N2CCN(C(C)=O)C[C@H]2c2ccccc2C(C)C)C3)ccc1C(=O)NS(=O)(=O)c1cnc(NCC2CCC(C)(O)CC2)c([N+](=O)[O-])c1. The maximum Gasteiger partial charge on any atom is 0.312 e. The first-order valence-electron chi connectivity index (χ1n) is 25.0. The van der Waals surface area contributed by atoms with Crippen LogP contribution in [0.1, 0.15) is 119 Å². The van der Waals surface area contributed by atoms with E-state index in [0.717, 1.165) is 50.7 Å². The zero-order chi connectivity index (χ0) is 51.1. The number of nitrogens with zero attached hydrogens (tertiary/aromatic N) is 6. The van der Waals surface area contributed by atoms with Crippen molar-refractivity contribution in [3.63, 3.8) is 0 Å². The molecule has 2 saturated heterocycles. The molecule has 5 aromatic rings. The van der Waals surface area contributed by atoms with Crippen molar-refractivity contribution in [2.75, 3.05) is 56.1 Å². The number of aliphatic hydroxyl groups is 1. The monoisotopic (exact) mass is 1010 g/mol. The highest BCUT2D eigenvalue weighted by atomic mass is 32.2. The van der Waals surface area contributed by atoms with Crippen molar-refractivity contribution in [2.24, 2.45) is 11.3 Å². The number of sulfonamides is 1. The first-order chi connectivity index (χ1) is 34.3. The molecule has 72 heavy (non-hydrogen) atoms. The predicted octanol–water partition coefficient (Wildman–Crippen LogP) is 8.45. The smallest absolute Gasteiger partial charge is 0.312 e. The molecule has 9 rings (SSSR count). The lowest BCUT2D eigenvalue weighted by Crippen LogP contribution is -2.60. The van der Waals surface area contributed by atoms with Crippen molar-refractivity contribution in [1.82, 2.24) is 29.5 Å². The molecule has 2 aliphatic heterocycles. The number of carbonyl (C=O) groups is 2. The van der Waals surface area contributed by atoms with Gasteiger partial charge in [-0.1, -0.05) is 38.1 Å². The van der Waals surface area contributed by atoms with Crippen molar-refractivity contribution in [3.8, 4) is 17.4 Å². The summed E-state index contributed by atoms with van der Waals surface area (Å²) in [6.45, 7) is 13.7. The molecule has 0 radical (unpaired) electrons. The lowest BCUT2D eigenvalue weighted by atomic mass is 9.59. The largest absolute Gasteiger partial charge is 0.475 e. The number of aromatic nitrogens is 3. The number of H-pyrrole nitrogens is 1. The van der Waals surface area contributed by atoms with Gasteiger partial charge in [-0.15, -0.1) is 0 Å². The topological polar surface area (TPSA) is 225 Å². The maximum absolute atomic E-state index is 14.9. The fraction of sp³-hybridized carbons (Fsp3) is 0.500. The molecule has 1 atom stereocenters. The normalized spacial score (nSPS) is 21.7. The van der Waals surface area contributed by atoms with Gasteiger partial charge in [0.2, 0.25) is 11.7 Å². The number of piperazine rings is 1. The van der Waals surface area contributed by atoms with E-state index in [0.29, 0.717) is 76.1 Å². The lowest BCUT2D eigenvalue weighted by Gasteiger charge is -2.58. The van der Waals surface area contributed by atoms with E-state index >= 15 is 0 Å². The number of fused-ring (bicyclic) bond motifs is 1. The van der Waals surface area contributed by atoms with Gasteiger partial charge in [0, 0.05) is 82.3 Å². The second-order valence-electron chi connectivity index (χ2n) is 20.6. The van der Waals surface area contributed by atoms with E-state index in [1.54, 1.807) is 32.9 Å². The summed E-state index contributed by atoms with van der Waals surface area (Å²) in [6.07, 6.45) is 8.61. The maximum atomic E-state index is 14.9. The number of anilines is 2. The second kappa shape index (κ2) is 20.3. The fourth-order valence-electron chi connectivity index (χ4n) is 11.2. The Morgan fingerprint density at radius 2 is 1.76 bits per heavy atom. The molecule has 2 amide bonds. The molecule has 2 aromatic carbocycles. The third-order valence-corrected chi connectivity index (χ3v) is 16.7. The van der Waals surface area contributed by atoms with Crippen LogP contribution in [0, 0.1) is 27.3 Å². The van der Waals surface area contributed by atoms with Crippen LogP contribution in [0.2, 0.25) is 0 Å². The predicted molar refractivity (Wildman–Crippen MR) is 269 cm³/mol. The Bertz CT molecular complexity index is 2960. The van der Waals surface area contributed by atoms with Gasteiger partial charge in [-0.2, -0.15) is 4.98 Å². The minimum absolute atomic E-state index is 0.00997. The van der Waals surface area contributed by atoms with Crippen LogP contribution in [0.4, 0.5) is 21.6 Å². The van der Waals surface area contributed by atoms with Crippen LogP contribution in [-0.2, 0) is 14.8 Å². The zero-order valence-corrected chi connectivity index (χ0v) is 42.3. The number of amides is 2. The van der Waals surface area contributed by atoms with E-state index in [-0.39, 0.29) is 69.7 Å². The van der Waals surface area contributed by atoms with Crippen LogP contribution in [0.15, 0.2) is 71.9 Å². The molecule has 2 saturated carbocycles. The first-order valence-corrected chi connectivity index (χ1v) is 26.5. The zero-order valence-electron chi connectivity index (χ0n) is 41.4. The highest BCUT2D eigenvalue weighted by molar-refractivity contribution is 7.90. The van der Waals surface area contributed by atoms with Gasteiger partial charge < -0.3 is 34.7 Å². The second-order valence-corrected chi connectivity index (χ2v) is 22.3. The summed E-state index contributed by atoms with van der Waals surface area (Å²) in [5.74, 6) is -1.31. The number of hydrogen-bond donors (Lipinski definition) is 4. The van der Waals surface area contributed by atoms with Gasteiger partial charge in [-0.3, -0.25) is 24.6 Å². The highest BCUT2D eigenvalue weighted by Crippen LogP contribution is 2.53. The molecule has 0 bridgehead atoms. The van der Waals surface area contributed by atoms with Gasteiger partial charge in [0.25, 0.3) is 21.8 Å². The quantitative estimate of drug-likeness (QED) is 0.0571. The third-order valence-electron chi connectivity index (χ3n) is 15.4. The third kappa shape index (κ3) is 10.6. The molecule has 4 fully saturated rings. The first kappa shape index (κ1) is 50.6. The number of halogens is 1. The molecule has 5 heterocycles. The highest BCUT2D eigenvalue weighted by Gasteiger charge is 2.50. The lowest BCUT2D eigenvalue weighted by molar-refractivity contribution is -0.384. The molecule has 4 N–H and O–H groups in total. The van der Waals surface area contributed by atoms with E-state index in [1.807, 2.05) is 4.90 Å². The number of ether oxygens (including phenoxy) is 2. The number of nitro groups is 1. The van der Waals surface area contributed by atoms with Gasteiger partial charge in [0.05, 0.1) is 40.3 Å². The van der Waals surface area contributed by atoms with Crippen LogP contribution in [0.25, 0.3) is 11.0 Å². The summed E-state index contributed by atoms with van der Waals surface area (Å²) >= 11 is 0. The molecule has 3 aromatic heterocycles. The number of pyridine rings is 2. The van der Waals surface area contributed by atoms with Crippen molar-refractivity contribution in [1.29, 1.82) is 0 Å². The van der Waals surface area contributed by atoms with E-state index in [9.17, 15) is 37.6 Å². The standard InChI is InChI=1S/C52H64FN9O9S/c1-6-70-50-46(25-41-42(53)30-56-47(41)57-50)71-45-23-35(11-12-40(45)49(64)58-72(68,69)37-24-43(62(66)67)48(55-29-37)54-28-34-13-15-51(5,65)16-14-34)59-19-17-52(18-20-59)26-36(27-52)61-22-21-60(33(4)63)31-44(61)39-10-8-7-9-38(39)32(2)3/h7-12,23-25,29-30,32,34,36,44,65H,6,13-22,26-28,31H2,1-5H3,(H,54,55)(H,56,57)(H,58,64)/t34?,44-,51?/m0/s1. The van der Waals surface area contributed by atoms with Crippen molar-refractivity contribution >= 4 is 50.1 Å². The average molecular weight is 1010 g/mol. The number of nitrogens with one attached hydrogen (secondary N) is 3. The molecule has 1 spiro atoms. The van der Waals surface area contributed by atoms with Crippen molar-refractivity contribution < 1.29 is 41.9 Å². The summed E-state index contributed by atoms with van der Waals surface area (Å²) in [7, 11) is -4.75. The summed E-state index contributed by atoms with van der Waals surface area (Å²) in [5.41, 5.74) is 2.12. The summed E-state index contributed by atoms with van der Waals surface area (Å²) < 4.78 is 56.9. The van der Waals surface area contributed by atoms with Gasteiger partial charge in [-0.25, -0.2) is 22.5 Å². The Kier molecular flexibility index (Phi) is 14.2. The number of aromatic amines is 1. The summed E-state index contributed by atoms with van der Waals surface area (Å²) in [5, 5.41) is 25.6. The molecule has 18 nitrogen and oxygen atoms in total. The summed E-state index contributed by atoms with van der Waals surface area (Å²) in [6, 6.07) is 16.1. The van der Waals surface area contributed by atoms with Crippen LogP contribution >= 0.6 is 0 Å². The number of hydrogen-bond acceptors (Lipinski definition) is 14. The fourth-order valence-corrected chi connectivity index (χ4v) is 12.1. The van der Waals surface area contributed by atoms with E-state index in [1.165, 1.54) is 23.3 Å². The minimum atomic E-state index is -4.75. The minimum Gasteiger partial charge on any atom is -0.475 e. The number of rotatable bonds is 15. The van der Waals surface area contributed by atoms with E-state index < -0.39 is 42.9 Å². The Balaban J connectivity index is 0.939. The Labute approximate surface area is 418 Å².